The fourth-order valence-electron chi connectivity index (χ4n) is 1.23. The first-order chi connectivity index (χ1) is 8.11. The maximum Gasteiger partial charge on any atom is 0.268 e. The molecular formula is C10H9BrN6. The summed E-state index contributed by atoms with van der Waals surface area (Å²) in [5.74, 6) is 0.340. The second-order valence-electron chi connectivity index (χ2n) is 3.56. The van der Waals surface area contributed by atoms with E-state index in [4.69, 9.17) is 5.26 Å². The van der Waals surface area contributed by atoms with Crippen molar-refractivity contribution in [2.24, 2.45) is 4.99 Å². The van der Waals surface area contributed by atoms with Crippen LogP contribution in [0, 0.1) is 11.3 Å². The van der Waals surface area contributed by atoms with Crippen molar-refractivity contribution in [3.63, 3.8) is 0 Å². The molecule has 0 aliphatic heterocycles. The van der Waals surface area contributed by atoms with Crippen LogP contribution in [-0.2, 0) is 0 Å². The molecule has 0 radical (unpaired) electrons. The minimum absolute atomic E-state index is 0.340. The Labute approximate surface area is 106 Å². The molecule has 2 aromatic heterocycles. The molecule has 0 N–H and O–H groups in total. The Morgan fingerprint density at radius 1 is 1.59 bits per heavy atom. The maximum atomic E-state index is 8.89. The number of fused-ring (bicyclic) bond motifs is 1. The molecule has 0 saturated heterocycles. The average Bonchev–Trinajstić information content (AvgIpc) is 2.63. The maximum absolute atomic E-state index is 8.89. The zero-order chi connectivity index (χ0) is 12.4. The van der Waals surface area contributed by atoms with E-state index in [1.54, 1.807) is 28.0 Å². The summed E-state index contributed by atoms with van der Waals surface area (Å²) in [5, 5.41) is 13.1. The fourth-order valence-corrected chi connectivity index (χ4v) is 1.72. The predicted octanol–water partition coefficient (Wildman–Crippen LogP) is 1.58. The normalized spacial score (nSPS) is 10.9. The highest BCUT2D eigenvalue weighted by molar-refractivity contribution is 9.10. The van der Waals surface area contributed by atoms with E-state index in [0.29, 0.717) is 16.1 Å². The Morgan fingerprint density at radius 3 is 3.00 bits per heavy atom. The van der Waals surface area contributed by atoms with Crippen molar-refractivity contribution < 1.29 is 0 Å². The van der Waals surface area contributed by atoms with Crippen LogP contribution in [0.25, 0.3) is 5.52 Å². The molecule has 0 atom stereocenters. The first-order valence-electron chi connectivity index (χ1n) is 4.77. The molecule has 0 unspecified atom stereocenters. The van der Waals surface area contributed by atoms with Crippen LogP contribution in [0.2, 0.25) is 0 Å². The van der Waals surface area contributed by atoms with Gasteiger partial charge >= 0.3 is 0 Å². The molecule has 2 heterocycles. The zero-order valence-corrected chi connectivity index (χ0v) is 10.9. The van der Waals surface area contributed by atoms with Crippen LogP contribution in [-0.4, -0.2) is 39.9 Å². The lowest BCUT2D eigenvalue weighted by atomic mass is 10.4. The third-order valence-corrected chi connectivity index (χ3v) is 2.73. The highest BCUT2D eigenvalue weighted by Gasteiger charge is 2.08. The SMILES string of the molecule is CN(C)/C=N/c1ncc2cc(C#N)c(Br)n2n1. The molecule has 7 heteroatoms. The molecule has 2 aromatic rings. The lowest BCUT2D eigenvalue weighted by Crippen LogP contribution is -2.07. The van der Waals surface area contributed by atoms with E-state index in [1.807, 2.05) is 14.1 Å². The molecule has 0 bridgehead atoms. The lowest BCUT2D eigenvalue weighted by molar-refractivity contribution is 0.642. The van der Waals surface area contributed by atoms with Crippen LogP contribution < -0.4 is 0 Å². The van der Waals surface area contributed by atoms with Crippen LogP contribution in [0.15, 0.2) is 21.9 Å². The third-order valence-electron chi connectivity index (χ3n) is 1.97. The first-order valence-corrected chi connectivity index (χ1v) is 5.56. The highest BCUT2D eigenvalue weighted by Crippen LogP contribution is 2.20. The molecule has 0 aliphatic carbocycles. The van der Waals surface area contributed by atoms with Crippen LogP contribution >= 0.6 is 15.9 Å². The van der Waals surface area contributed by atoms with Crippen LogP contribution in [0.1, 0.15) is 5.56 Å². The Hall–Kier alpha value is -1.94. The van der Waals surface area contributed by atoms with Gasteiger partial charge in [-0.05, 0) is 22.0 Å². The number of hydrogen-bond donors (Lipinski definition) is 0. The van der Waals surface area contributed by atoms with Gasteiger partial charge in [-0.15, -0.1) is 5.10 Å². The summed E-state index contributed by atoms with van der Waals surface area (Å²) >= 11 is 3.31. The number of rotatable bonds is 2. The number of nitrogens with zero attached hydrogens (tertiary/aromatic N) is 6. The zero-order valence-electron chi connectivity index (χ0n) is 9.29. The van der Waals surface area contributed by atoms with E-state index in [9.17, 15) is 0 Å². The Balaban J connectivity index is 2.50. The van der Waals surface area contributed by atoms with Crippen molar-refractivity contribution in [1.29, 1.82) is 5.26 Å². The molecular weight excluding hydrogens is 284 g/mol. The third kappa shape index (κ3) is 2.26. The van der Waals surface area contributed by atoms with E-state index < -0.39 is 0 Å². The van der Waals surface area contributed by atoms with E-state index >= 15 is 0 Å². The van der Waals surface area contributed by atoms with Crippen molar-refractivity contribution in [3.8, 4) is 6.07 Å². The van der Waals surface area contributed by atoms with Crippen molar-refractivity contribution in [2.75, 3.05) is 14.1 Å². The number of hydrogen-bond acceptors (Lipinski definition) is 4. The standard InChI is InChI=1S/C10H9BrN6/c1-16(2)6-14-10-13-5-8-3-7(4-12)9(11)17(8)15-10/h3,5-6H,1-2H3/b14-6+. The first kappa shape index (κ1) is 11.5. The summed E-state index contributed by atoms with van der Waals surface area (Å²) in [7, 11) is 3.72. The molecule has 0 amide bonds. The van der Waals surface area contributed by atoms with Gasteiger partial charge in [0.25, 0.3) is 5.95 Å². The van der Waals surface area contributed by atoms with E-state index in [2.05, 4.69) is 37.1 Å². The van der Waals surface area contributed by atoms with Gasteiger partial charge in [-0.2, -0.15) is 5.26 Å². The van der Waals surface area contributed by atoms with Gasteiger partial charge in [-0.25, -0.2) is 14.5 Å². The van der Waals surface area contributed by atoms with Gasteiger partial charge < -0.3 is 4.90 Å². The van der Waals surface area contributed by atoms with Crippen molar-refractivity contribution in [1.82, 2.24) is 19.5 Å². The van der Waals surface area contributed by atoms with E-state index in [0.717, 1.165) is 5.52 Å². The van der Waals surface area contributed by atoms with Crippen LogP contribution in [0.3, 0.4) is 0 Å². The quantitative estimate of drug-likeness (QED) is 0.622. The van der Waals surface area contributed by atoms with Gasteiger partial charge in [0, 0.05) is 14.1 Å². The van der Waals surface area contributed by atoms with Gasteiger partial charge in [0.05, 0.1) is 23.6 Å². The summed E-state index contributed by atoms with van der Waals surface area (Å²) < 4.78 is 2.20. The van der Waals surface area contributed by atoms with Crippen molar-refractivity contribution in [3.05, 3.63) is 22.4 Å². The van der Waals surface area contributed by atoms with Gasteiger partial charge in [-0.3, -0.25) is 0 Å². The lowest BCUT2D eigenvalue weighted by Gasteiger charge is -2.01. The van der Waals surface area contributed by atoms with Gasteiger partial charge in [0.2, 0.25) is 0 Å². The smallest absolute Gasteiger partial charge is 0.268 e. The van der Waals surface area contributed by atoms with Crippen molar-refractivity contribution >= 4 is 33.7 Å². The Morgan fingerprint density at radius 2 is 2.35 bits per heavy atom. The van der Waals surface area contributed by atoms with Gasteiger partial charge in [-0.1, -0.05) is 0 Å². The topological polar surface area (TPSA) is 69.6 Å². The summed E-state index contributed by atoms with van der Waals surface area (Å²) in [6.07, 6.45) is 3.24. The second-order valence-corrected chi connectivity index (χ2v) is 4.31. The molecule has 2 rings (SSSR count). The highest BCUT2D eigenvalue weighted by atomic mass is 79.9. The van der Waals surface area contributed by atoms with E-state index in [-0.39, 0.29) is 0 Å². The van der Waals surface area contributed by atoms with Gasteiger partial charge in [0.15, 0.2) is 0 Å². The molecule has 86 valence electrons. The fraction of sp³-hybridized carbons (Fsp3) is 0.200. The average molecular weight is 293 g/mol. The predicted molar refractivity (Wildman–Crippen MR) is 67.2 cm³/mol. The molecule has 6 nitrogen and oxygen atoms in total. The largest absolute Gasteiger partial charge is 0.369 e. The van der Waals surface area contributed by atoms with Gasteiger partial charge in [0.1, 0.15) is 10.7 Å². The minimum Gasteiger partial charge on any atom is -0.369 e. The number of aliphatic imine (C=N–C) groups is 1. The second kappa shape index (κ2) is 4.51. The summed E-state index contributed by atoms with van der Waals surface area (Å²) in [5.41, 5.74) is 1.27. The van der Waals surface area contributed by atoms with Crippen molar-refractivity contribution in [2.45, 2.75) is 0 Å². The Bertz CT molecular complexity index is 621. The molecule has 0 fully saturated rings. The monoisotopic (exact) mass is 292 g/mol. The molecule has 0 aliphatic rings. The van der Waals surface area contributed by atoms with E-state index in [1.165, 1.54) is 0 Å². The van der Waals surface area contributed by atoms with Crippen LogP contribution in [0.4, 0.5) is 5.95 Å². The number of halogens is 1. The Kier molecular flexibility index (Phi) is 3.06. The summed E-state index contributed by atoms with van der Waals surface area (Å²) in [6, 6.07) is 3.78. The molecule has 0 saturated carbocycles. The number of nitriles is 1. The van der Waals surface area contributed by atoms with Crippen LogP contribution in [0.5, 0.6) is 0 Å². The minimum atomic E-state index is 0.340. The summed E-state index contributed by atoms with van der Waals surface area (Å²) in [4.78, 5) is 9.96. The molecule has 0 aromatic carbocycles. The molecule has 17 heavy (non-hydrogen) atoms. The molecule has 0 spiro atoms. The summed E-state index contributed by atoms with van der Waals surface area (Å²) in [6.45, 7) is 0. The number of aromatic nitrogens is 3.